The zero-order valence-electron chi connectivity index (χ0n) is 13.1. The number of aromatic nitrogens is 4. The summed E-state index contributed by atoms with van der Waals surface area (Å²) >= 11 is 0. The number of hydrogen-bond donors (Lipinski definition) is 5. The summed E-state index contributed by atoms with van der Waals surface area (Å²) in [4.78, 5) is 23.9. The molecule has 0 spiro atoms. The van der Waals surface area contributed by atoms with Gasteiger partial charge in [-0.25, -0.2) is 15.0 Å². The Bertz CT molecular complexity index is 797. The van der Waals surface area contributed by atoms with Crippen molar-refractivity contribution in [1.82, 2.24) is 24.8 Å². The van der Waals surface area contributed by atoms with Gasteiger partial charge in [0.15, 0.2) is 23.2 Å². The van der Waals surface area contributed by atoms with E-state index in [9.17, 15) is 20.1 Å². The van der Waals surface area contributed by atoms with Gasteiger partial charge in [-0.15, -0.1) is 0 Å². The van der Waals surface area contributed by atoms with E-state index in [2.05, 4.69) is 25.6 Å². The first kappa shape index (κ1) is 16.1. The van der Waals surface area contributed by atoms with Gasteiger partial charge in [-0.1, -0.05) is 0 Å². The summed E-state index contributed by atoms with van der Waals surface area (Å²) in [7, 11) is 0. The molecule has 4 rings (SSSR count). The zero-order valence-corrected chi connectivity index (χ0v) is 13.1. The second kappa shape index (κ2) is 6.19. The molecule has 11 heteroatoms. The minimum Gasteiger partial charge on any atom is -0.394 e. The molecule has 5 atom stereocenters. The van der Waals surface area contributed by atoms with Crippen LogP contribution in [0.25, 0.3) is 11.2 Å². The molecule has 1 unspecified atom stereocenters. The number of nitrogens with zero attached hydrogens (tertiary/aromatic N) is 4. The predicted octanol–water partition coefficient (Wildman–Crippen LogP) is -1.91. The van der Waals surface area contributed by atoms with Crippen molar-refractivity contribution < 1.29 is 24.9 Å². The third kappa shape index (κ3) is 2.70. The molecule has 4 heterocycles. The summed E-state index contributed by atoms with van der Waals surface area (Å²) in [5.74, 6) is 0.419. The third-order valence-electron chi connectivity index (χ3n) is 4.46. The van der Waals surface area contributed by atoms with Crippen molar-refractivity contribution in [3.8, 4) is 0 Å². The smallest absolute Gasteiger partial charge is 0.221 e. The van der Waals surface area contributed by atoms with Crippen LogP contribution in [-0.4, -0.2) is 71.8 Å². The Balaban J connectivity index is 1.64. The van der Waals surface area contributed by atoms with Crippen molar-refractivity contribution in [2.75, 3.05) is 11.9 Å². The van der Waals surface area contributed by atoms with Gasteiger partial charge in [0.25, 0.3) is 0 Å². The van der Waals surface area contributed by atoms with Gasteiger partial charge in [-0.3, -0.25) is 9.36 Å². The molecule has 25 heavy (non-hydrogen) atoms. The molecule has 11 nitrogen and oxygen atoms in total. The van der Waals surface area contributed by atoms with E-state index in [0.717, 1.165) is 0 Å². The van der Waals surface area contributed by atoms with Crippen LogP contribution in [0.1, 0.15) is 19.1 Å². The molecule has 2 aliphatic rings. The third-order valence-corrected chi connectivity index (χ3v) is 4.46. The van der Waals surface area contributed by atoms with Crippen LogP contribution in [0.2, 0.25) is 0 Å². The SMILES string of the molecule is O=C1CCC(Nc2ncnc3c2ncn3[C@@H]2O[C@H](CO)[C@@H](O)[C@H]2O)N1. The number of fused-ring (bicyclic) bond motifs is 1. The van der Waals surface area contributed by atoms with Gasteiger partial charge in [-0.2, -0.15) is 0 Å². The van der Waals surface area contributed by atoms with Crippen molar-refractivity contribution >= 4 is 22.9 Å². The lowest BCUT2D eigenvalue weighted by atomic mass is 10.1. The summed E-state index contributed by atoms with van der Waals surface area (Å²) in [6.07, 6.45) is -0.626. The number of imidazole rings is 1. The molecule has 0 bridgehead atoms. The summed E-state index contributed by atoms with van der Waals surface area (Å²) in [5.41, 5.74) is 0.845. The molecular formula is C14H18N6O5. The molecule has 0 saturated carbocycles. The van der Waals surface area contributed by atoms with E-state index in [-0.39, 0.29) is 12.1 Å². The first-order valence-electron chi connectivity index (χ1n) is 7.94. The number of rotatable bonds is 4. The van der Waals surface area contributed by atoms with Crippen LogP contribution in [0.4, 0.5) is 5.82 Å². The molecule has 0 aromatic carbocycles. The number of carbonyl (C=O) groups excluding carboxylic acids is 1. The van der Waals surface area contributed by atoms with Gasteiger partial charge in [0, 0.05) is 6.42 Å². The first-order valence-corrected chi connectivity index (χ1v) is 7.94. The number of carbonyl (C=O) groups is 1. The highest BCUT2D eigenvalue weighted by Gasteiger charge is 2.44. The molecule has 5 N–H and O–H groups in total. The number of amides is 1. The highest BCUT2D eigenvalue weighted by atomic mass is 16.6. The largest absolute Gasteiger partial charge is 0.394 e. The average Bonchev–Trinajstić information content (AvgIpc) is 3.28. The van der Waals surface area contributed by atoms with Crippen LogP contribution in [0, 0.1) is 0 Å². The molecular weight excluding hydrogens is 332 g/mol. The van der Waals surface area contributed by atoms with Gasteiger partial charge in [-0.05, 0) is 6.42 Å². The maximum Gasteiger partial charge on any atom is 0.221 e. The Morgan fingerprint density at radius 2 is 2.16 bits per heavy atom. The Hall–Kier alpha value is -2.34. The second-order valence-corrected chi connectivity index (χ2v) is 6.08. The maximum atomic E-state index is 11.3. The molecule has 134 valence electrons. The topological polar surface area (TPSA) is 155 Å². The highest BCUT2D eigenvalue weighted by molar-refractivity contribution is 5.84. The number of nitrogens with one attached hydrogen (secondary N) is 2. The van der Waals surface area contributed by atoms with Crippen molar-refractivity contribution in [3.63, 3.8) is 0 Å². The molecule has 2 saturated heterocycles. The van der Waals surface area contributed by atoms with Crippen LogP contribution >= 0.6 is 0 Å². The average molecular weight is 350 g/mol. The molecule has 0 aliphatic carbocycles. The summed E-state index contributed by atoms with van der Waals surface area (Å²) in [6.45, 7) is -0.412. The number of hydrogen-bond acceptors (Lipinski definition) is 9. The number of aliphatic hydroxyl groups excluding tert-OH is 3. The van der Waals surface area contributed by atoms with Crippen LogP contribution in [-0.2, 0) is 9.53 Å². The predicted molar refractivity (Wildman–Crippen MR) is 83.1 cm³/mol. The van der Waals surface area contributed by atoms with Crippen LogP contribution in [0.5, 0.6) is 0 Å². The summed E-state index contributed by atoms with van der Waals surface area (Å²) < 4.78 is 7.00. The minimum absolute atomic E-state index is 0.0279. The number of anilines is 1. The van der Waals surface area contributed by atoms with E-state index in [1.165, 1.54) is 17.2 Å². The minimum atomic E-state index is -1.23. The molecule has 2 aromatic heterocycles. The normalized spacial score (nSPS) is 32.3. The van der Waals surface area contributed by atoms with Gasteiger partial charge >= 0.3 is 0 Å². The molecule has 2 aliphatic heterocycles. The quantitative estimate of drug-likeness (QED) is 0.424. The van der Waals surface area contributed by atoms with Crippen molar-refractivity contribution in [2.24, 2.45) is 0 Å². The fourth-order valence-corrected chi connectivity index (χ4v) is 3.14. The maximum absolute atomic E-state index is 11.3. The van der Waals surface area contributed by atoms with Crippen LogP contribution in [0.15, 0.2) is 12.7 Å². The Labute approximate surface area is 141 Å². The van der Waals surface area contributed by atoms with E-state index in [1.807, 2.05) is 0 Å². The van der Waals surface area contributed by atoms with Gasteiger partial charge < -0.3 is 30.7 Å². The molecule has 2 fully saturated rings. The number of aliphatic hydroxyl groups is 3. The van der Waals surface area contributed by atoms with Gasteiger partial charge in [0.05, 0.1) is 12.9 Å². The van der Waals surface area contributed by atoms with E-state index in [4.69, 9.17) is 4.74 Å². The zero-order chi connectivity index (χ0) is 17.6. The molecule has 2 aromatic rings. The lowest BCUT2D eigenvalue weighted by Gasteiger charge is -2.17. The fraction of sp³-hybridized carbons (Fsp3) is 0.571. The van der Waals surface area contributed by atoms with E-state index < -0.39 is 31.1 Å². The lowest BCUT2D eigenvalue weighted by Crippen LogP contribution is -2.33. The summed E-state index contributed by atoms with van der Waals surface area (Å²) in [5, 5.41) is 35.2. The van der Waals surface area contributed by atoms with E-state index in [0.29, 0.717) is 29.8 Å². The standard InChI is InChI=1S/C14H18N6O5/c21-3-6-10(23)11(24)14(25-6)20-5-17-9-12(15-4-16-13(9)20)19-7-1-2-8(22)18-7/h4-7,10-11,14,21,23-24H,1-3H2,(H,18,22)(H,15,16,19)/t6-,7?,10-,11-,14-/m1/s1. The Kier molecular flexibility index (Phi) is 4.00. The Morgan fingerprint density at radius 3 is 2.84 bits per heavy atom. The van der Waals surface area contributed by atoms with Crippen LogP contribution < -0.4 is 10.6 Å². The second-order valence-electron chi connectivity index (χ2n) is 6.08. The van der Waals surface area contributed by atoms with E-state index in [1.54, 1.807) is 0 Å². The first-order chi connectivity index (χ1) is 12.1. The monoisotopic (exact) mass is 350 g/mol. The van der Waals surface area contributed by atoms with Crippen molar-refractivity contribution in [1.29, 1.82) is 0 Å². The van der Waals surface area contributed by atoms with E-state index >= 15 is 0 Å². The van der Waals surface area contributed by atoms with Crippen molar-refractivity contribution in [2.45, 2.75) is 43.5 Å². The lowest BCUT2D eigenvalue weighted by molar-refractivity contribution is -0.119. The van der Waals surface area contributed by atoms with Crippen molar-refractivity contribution in [3.05, 3.63) is 12.7 Å². The van der Waals surface area contributed by atoms with Gasteiger partial charge in [0.2, 0.25) is 5.91 Å². The van der Waals surface area contributed by atoms with Gasteiger partial charge in [0.1, 0.15) is 30.8 Å². The number of ether oxygens (including phenoxy) is 1. The van der Waals surface area contributed by atoms with Crippen LogP contribution in [0.3, 0.4) is 0 Å². The Morgan fingerprint density at radius 1 is 1.32 bits per heavy atom. The summed E-state index contributed by atoms with van der Waals surface area (Å²) in [6, 6.07) is 0. The fourth-order valence-electron chi connectivity index (χ4n) is 3.14. The molecule has 0 radical (unpaired) electrons. The highest BCUT2D eigenvalue weighted by Crippen LogP contribution is 2.32. The molecule has 1 amide bonds.